The van der Waals surface area contributed by atoms with Gasteiger partial charge in [-0.15, -0.1) is 0 Å². The van der Waals surface area contributed by atoms with Gasteiger partial charge in [-0.2, -0.15) is 0 Å². The van der Waals surface area contributed by atoms with Crippen LogP contribution in [-0.2, 0) is 14.2 Å². The average molecular weight is 334 g/mol. The smallest absolute Gasteiger partial charge is 0.184 e. The lowest BCUT2D eigenvalue weighted by Gasteiger charge is -2.35. The molecule has 0 amide bonds. The summed E-state index contributed by atoms with van der Waals surface area (Å²) in [7, 11) is 0. The minimum Gasteiger partial charge on any atom is -0.357 e. The first kappa shape index (κ1) is 16.4. The van der Waals surface area contributed by atoms with Crippen molar-refractivity contribution in [2.24, 2.45) is 0 Å². The zero-order chi connectivity index (χ0) is 16.9. The van der Waals surface area contributed by atoms with Crippen LogP contribution in [0.5, 0.6) is 0 Å². The van der Waals surface area contributed by atoms with Crippen molar-refractivity contribution in [1.82, 2.24) is 0 Å². The van der Waals surface area contributed by atoms with Gasteiger partial charge in [0.2, 0.25) is 0 Å². The van der Waals surface area contributed by atoms with Gasteiger partial charge in [-0.3, -0.25) is 0 Å². The van der Waals surface area contributed by atoms with Crippen molar-refractivity contribution in [3.05, 3.63) is 71.8 Å². The predicted octanol–water partition coefficient (Wildman–Crippen LogP) is 4.09. The molecule has 2 heterocycles. The van der Waals surface area contributed by atoms with Crippen molar-refractivity contribution in [3.63, 3.8) is 0 Å². The van der Waals surface area contributed by atoms with Gasteiger partial charge in [0.25, 0.3) is 0 Å². The van der Waals surface area contributed by atoms with Crippen LogP contribution in [0.2, 0.25) is 0 Å². The molecule has 2 aliphatic rings. The van der Waals surface area contributed by atoms with Crippen molar-refractivity contribution in [2.45, 2.75) is 43.9 Å². The van der Waals surface area contributed by atoms with Crippen LogP contribution in [0.25, 0.3) is 0 Å². The minimum absolute atomic E-state index is 0.0439. The van der Waals surface area contributed by atoms with Crippen LogP contribution in [0.15, 0.2) is 60.7 Å². The molecule has 0 unspecified atom stereocenters. The molecule has 0 radical (unpaired) electrons. The number of fused-ring (bicyclic) bond motifs is 1. The molecule has 0 aromatic heterocycles. The largest absolute Gasteiger partial charge is 0.357 e. The summed E-state index contributed by atoms with van der Waals surface area (Å²) in [5.41, 5.74) is 2.08. The molecule has 0 aliphatic carbocycles. The van der Waals surface area contributed by atoms with E-state index in [2.05, 4.69) is 11.8 Å². The van der Waals surface area contributed by atoms with Crippen LogP contribution in [0, 0.1) is 11.8 Å². The first-order valence-corrected chi connectivity index (χ1v) is 8.92. The summed E-state index contributed by atoms with van der Waals surface area (Å²) in [5, 5.41) is 0. The van der Waals surface area contributed by atoms with Crippen LogP contribution in [0.1, 0.15) is 36.7 Å². The fraction of sp³-hybridized carbons (Fsp3) is 0.364. The SMILES string of the molecule is C(#C[C@@H]1CCC[C@@H]2O[C@H](c3ccccc3)OC[C@H]2O1)c1ccccc1. The molecule has 2 aromatic rings. The molecule has 2 aromatic carbocycles. The van der Waals surface area contributed by atoms with Gasteiger partial charge in [0.15, 0.2) is 6.29 Å². The monoisotopic (exact) mass is 334 g/mol. The van der Waals surface area contributed by atoms with Crippen molar-refractivity contribution in [3.8, 4) is 11.8 Å². The van der Waals surface area contributed by atoms with Gasteiger partial charge in [-0.1, -0.05) is 60.4 Å². The second kappa shape index (κ2) is 7.84. The van der Waals surface area contributed by atoms with Crippen molar-refractivity contribution >= 4 is 0 Å². The second-order valence-corrected chi connectivity index (χ2v) is 6.48. The molecule has 4 atom stereocenters. The Labute approximate surface area is 148 Å². The van der Waals surface area contributed by atoms with E-state index in [1.807, 2.05) is 60.7 Å². The Morgan fingerprint density at radius 3 is 2.36 bits per heavy atom. The lowest BCUT2D eigenvalue weighted by Crippen LogP contribution is -2.42. The van der Waals surface area contributed by atoms with E-state index in [4.69, 9.17) is 14.2 Å². The molecule has 0 spiro atoms. The van der Waals surface area contributed by atoms with E-state index in [1.54, 1.807) is 0 Å². The molecule has 2 aliphatic heterocycles. The quantitative estimate of drug-likeness (QED) is 0.735. The van der Waals surface area contributed by atoms with Gasteiger partial charge < -0.3 is 14.2 Å². The molecule has 2 fully saturated rings. The third-order valence-electron chi connectivity index (χ3n) is 4.64. The van der Waals surface area contributed by atoms with E-state index in [9.17, 15) is 0 Å². The maximum Gasteiger partial charge on any atom is 0.184 e. The highest BCUT2D eigenvalue weighted by molar-refractivity contribution is 5.34. The number of hydrogen-bond acceptors (Lipinski definition) is 3. The Bertz CT molecular complexity index is 732. The van der Waals surface area contributed by atoms with Crippen molar-refractivity contribution in [2.75, 3.05) is 6.61 Å². The lowest BCUT2D eigenvalue weighted by atomic mass is 10.1. The highest BCUT2D eigenvalue weighted by atomic mass is 16.7. The number of rotatable bonds is 1. The summed E-state index contributed by atoms with van der Waals surface area (Å²) < 4.78 is 18.3. The molecule has 0 N–H and O–H groups in total. The molecule has 128 valence electrons. The Kier molecular flexibility index (Phi) is 5.13. The molecule has 4 rings (SSSR count). The molecule has 25 heavy (non-hydrogen) atoms. The van der Waals surface area contributed by atoms with E-state index >= 15 is 0 Å². The van der Waals surface area contributed by atoms with Gasteiger partial charge in [-0.05, 0) is 31.4 Å². The van der Waals surface area contributed by atoms with Crippen molar-refractivity contribution < 1.29 is 14.2 Å². The topological polar surface area (TPSA) is 27.7 Å². The Morgan fingerprint density at radius 1 is 0.800 bits per heavy atom. The van der Waals surface area contributed by atoms with Gasteiger partial charge in [0, 0.05) is 11.1 Å². The molecule has 3 nitrogen and oxygen atoms in total. The second-order valence-electron chi connectivity index (χ2n) is 6.48. The predicted molar refractivity (Wildman–Crippen MR) is 95.8 cm³/mol. The van der Waals surface area contributed by atoms with E-state index < -0.39 is 0 Å². The third-order valence-corrected chi connectivity index (χ3v) is 4.64. The number of benzene rings is 2. The molecular formula is C22H22O3. The van der Waals surface area contributed by atoms with Crippen molar-refractivity contribution in [1.29, 1.82) is 0 Å². The van der Waals surface area contributed by atoms with Gasteiger partial charge in [0.1, 0.15) is 12.2 Å². The fourth-order valence-electron chi connectivity index (χ4n) is 3.32. The standard InChI is InChI=1S/C22H22O3/c1-3-8-17(9-4-1)14-15-19-12-7-13-20-21(24-19)16-23-22(25-20)18-10-5-2-6-11-18/h1-6,8-11,19-22H,7,12-13,16H2/t19-,20-,21+,22+/m0/s1. The normalized spacial score (nSPS) is 29.0. The molecule has 0 bridgehead atoms. The summed E-state index contributed by atoms with van der Waals surface area (Å²) >= 11 is 0. The van der Waals surface area contributed by atoms with Crippen LogP contribution < -0.4 is 0 Å². The Morgan fingerprint density at radius 2 is 1.56 bits per heavy atom. The number of ether oxygens (including phenoxy) is 3. The van der Waals surface area contributed by atoms with E-state index in [0.717, 1.165) is 30.4 Å². The number of hydrogen-bond donors (Lipinski definition) is 0. The third kappa shape index (κ3) is 4.11. The minimum atomic E-state index is -0.294. The van der Waals surface area contributed by atoms with Gasteiger partial charge in [-0.25, -0.2) is 0 Å². The highest BCUT2D eigenvalue weighted by Crippen LogP contribution is 2.32. The van der Waals surface area contributed by atoms with E-state index in [0.29, 0.717) is 6.61 Å². The summed E-state index contributed by atoms with van der Waals surface area (Å²) in [5.74, 6) is 6.49. The van der Waals surface area contributed by atoms with E-state index in [1.165, 1.54) is 0 Å². The Balaban J connectivity index is 1.41. The van der Waals surface area contributed by atoms with Crippen LogP contribution >= 0.6 is 0 Å². The maximum absolute atomic E-state index is 6.20. The summed E-state index contributed by atoms with van der Waals surface area (Å²) in [6, 6.07) is 20.1. The van der Waals surface area contributed by atoms with Crippen LogP contribution in [0.3, 0.4) is 0 Å². The van der Waals surface area contributed by atoms with E-state index in [-0.39, 0.29) is 24.6 Å². The Hall–Kier alpha value is -2.12. The molecule has 2 saturated heterocycles. The zero-order valence-electron chi connectivity index (χ0n) is 14.1. The first-order valence-electron chi connectivity index (χ1n) is 8.92. The van der Waals surface area contributed by atoms with Gasteiger partial charge >= 0.3 is 0 Å². The fourth-order valence-corrected chi connectivity index (χ4v) is 3.32. The van der Waals surface area contributed by atoms with Crippen LogP contribution in [0.4, 0.5) is 0 Å². The first-order chi connectivity index (χ1) is 12.4. The summed E-state index contributed by atoms with van der Waals surface area (Å²) in [6.07, 6.45) is 2.65. The summed E-state index contributed by atoms with van der Waals surface area (Å²) in [6.45, 7) is 0.549. The summed E-state index contributed by atoms with van der Waals surface area (Å²) in [4.78, 5) is 0. The van der Waals surface area contributed by atoms with Crippen LogP contribution in [-0.4, -0.2) is 24.9 Å². The molecular weight excluding hydrogens is 312 g/mol. The molecule has 0 saturated carbocycles. The lowest BCUT2D eigenvalue weighted by molar-refractivity contribution is -0.266. The average Bonchev–Trinajstić information content (AvgIpc) is 2.89. The van der Waals surface area contributed by atoms with Gasteiger partial charge in [0.05, 0.1) is 12.7 Å². The molecule has 3 heteroatoms. The maximum atomic E-state index is 6.20. The zero-order valence-corrected chi connectivity index (χ0v) is 14.1. The highest BCUT2D eigenvalue weighted by Gasteiger charge is 2.36.